The van der Waals surface area contributed by atoms with Gasteiger partial charge in [0.25, 0.3) is 0 Å². The normalized spacial score (nSPS) is 32.2. The summed E-state index contributed by atoms with van der Waals surface area (Å²) in [7, 11) is -0.104. The lowest BCUT2D eigenvalue weighted by molar-refractivity contribution is 0.00578. The average Bonchev–Trinajstić information content (AvgIpc) is 2.46. The van der Waals surface area contributed by atoms with E-state index in [0.717, 1.165) is 6.42 Å². The van der Waals surface area contributed by atoms with Crippen LogP contribution in [0.1, 0.15) is 66.2 Å². The second-order valence-corrected chi connectivity index (χ2v) is 7.38. The third kappa shape index (κ3) is 1.87. The molecule has 2 nitrogen and oxygen atoms in total. The highest BCUT2D eigenvalue weighted by Crippen LogP contribution is 2.51. The molecular weight excluding hydrogens is 223 g/mol. The highest BCUT2D eigenvalue weighted by molar-refractivity contribution is 6.54. The van der Waals surface area contributed by atoms with Crippen LogP contribution in [0.25, 0.3) is 0 Å². The van der Waals surface area contributed by atoms with Gasteiger partial charge in [0.15, 0.2) is 0 Å². The van der Waals surface area contributed by atoms with Crippen LogP contribution in [0, 0.1) is 5.41 Å². The van der Waals surface area contributed by atoms with E-state index in [2.05, 4.69) is 33.8 Å². The van der Waals surface area contributed by atoms with Gasteiger partial charge in [-0.15, -0.1) is 0 Å². The van der Waals surface area contributed by atoms with Crippen molar-refractivity contribution in [2.45, 2.75) is 77.4 Å². The quantitative estimate of drug-likeness (QED) is 0.655. The van der Waals surface area contributed by atoms with E-state index in [9.17, 15) is 0 Å². The fourth-order valence-electron chi connectivity index (χ4n) is 3.39. The largest absolute Gasteiger partial charge is 0.490 e. The molecule has 1 heterocycles. The first-order valence-corrected chi connectivity index (χ1v) is 7.41. The van der Waals surface area contributed by atoms with Gasteiger partial charge >= 0.3 is 7.12 Å². The molecule has 2 aliphatic carbocycles. The first-order valence-electron chi connectivity index (χ1n) is 7.41. The van der Waals surface area contributed by atoms with Crippen molar-refractivity contribution in [3.05, 3.63) is 11.5 Å². The molecule has 0 unspecified atom stereocenters. The number of rotatable bonds is 1. The summed E-state index contributed by atoms with van der Waals surface area (Å²) < 4.78 is 12.3. The van der Waals surface area contributed by atoms with Gasteiger partial charge in [0.1, 0.15) is 0 Å². The minimum Gasteiger partial charge on any atom is -0.400 e. The Balaban J connectivity index is 1.80. The van der Waals surface area contributed by atoms with Crippen LogP contribution in [0.3, 0.4) is 0 Å². The zero-order chi connectivity index (χ0) is 13.0. The molecule has 1 saturated carbocycles. The maximum Gasteiger partial charge on any atom is 0.490 e. The zero-order valence-electron chi connectivity index (χ0n) is 12.2. The molecule has 0 N–H and O–H groups in total. The van der Waals surface area contributed by atoms with E-state index in [1.54, 1.807) is 0 Å². The minimum atomic E-state index is -0.206. The van der Waals surface area contributed by atoms with Crippen molar-refractivity contribution in [3.8, 4) is 0 Å². The smallest absolute Gasteiger partial charge is 0.400 e. The summed E-state index contributed by atoms with van der Waals surface area (Å²) in [6, 6.07) is 0. The average molecular weight is 248 g/mol. The van der Waals surface area contributed by atoms with Crippen LogP contribution in [-0.4, -0.2) is 18.3 Å². The third-order valence-corrected chi connectivity index (χ3v) is 5.54. The summed E-state index contributed by atoms with van der Waals surface area (Å²) in [5.41, 5.74) is 1.50. The molecule has 2 fully saturated rings. The maximum atomic E-state index is 6.17. The van der Waals surface area contributed by atoms with Crippen LogP contribution in [-0.2, 0) is 9.31 Å². The fourth-order valence-corrected chi connectivity index (χ4v) is 3.39. The van der Waals surface area contributed by atoms with Crippen LogP contribution >= 0.6 is 0 Å². The first kappa shape index (κ1) is 12.7. The molecule has 0 aromatic heterocycles. The van der Waals surface area contributed by atoms with Crippen LogP contribution in [0.2, 0.25) is 0 Å². The number of hydrogen-bond donors (Lipinski definition) is 0. The summed E-state index contributed by atoms with van der Waals surface area (Å²) in [5, 5.41) is 0. The molecule has 0 bridgehead atoms. The van der Waals surface area contributed by atoms with Crippen LogP contribution in [0.5, 0.6) is 0 Å². The SMILES string of the molecule is CC1(C)OB(C2=CC3(CCC2)CCC3)OC1(C)C. The highest BCUT2D eigenvalue weighted by atomic mass is 16.7. The van der Waals surface area contributed by atoms with Crippen molar-refractivity contribution in [2.24, 2.45) is 5.41 Å². The number of allylic oxidation sites excluding steroid dienone is 2. The summed E-state index contributed by atoms with van der Waals surface area (Å²) >= 11 is 0. The molecule has 3 heteroatoms. The molecule has 0 aromatic carbocycles. The van der Waals surface area contributed by atoms with Gasteiger partial charge in [0.05, 0.1) is 11.2 Å². The molecule has 0 radical (unpaired) electrons. The zero-order valence-corrected chi connectivity index (χ0v) is 12.2. The second kappa shape index (κ2) is 3.86. The van der Waals surface area contributed by atoms with E-state index in [1.807, 2.05) is 0 Å². The van der Waals surface area contributed by atoms with Gasteiger partial charge in [-0.2, -0.15) is 0 Å². The van der Waals surface area contributed by atoms with Crippen molar-refractivity contribution >= 4 is 7.12 Å². The molecule has 0 atom stereocenters. The summed E-state index contributed by atoms with van der Waals surface area (Å²) in [6.07, 6.45) is 10.5. The molecule has 1 aliphatic heterocycles. The molecular formula is C15H25BO2. The Morgan fingerprint density at radius 1 is 0.944 bits per heavy atom. The standard InChI is InChI=1S/C15H25BO2/c1-13(2)14(3,4)18-16(17-13)12-7-5-8-15(11-12)9-6-10-15/h11H,5-10H2,1-4H3. The predicted molar refractivity (Wildman–Crippen MR) is 74.3 cm³/mol. The fraction of sp³-hybridized carbons (Fsp3) is 0.867. The molecule has 3 aliphatic rings. The van der Waals surface area contributed by atoms with Crippen LogP contribution < -0.4 is 0 Å². The lowest BCUT2D eigenvalue weighted by Crippen LogP contribution is -2.41. The van der Waals surface area contributed by atoms with Gasteiger partial charge in [-0.3, -0.25) is 0 Å². The van der Waals surface area contributed by atoms with E-state index < -0.39 is 0 Å². The Labute approximate surface area is 111 Å². The number of hydrogen-bond acceptors (Lipinski definition) is 2. The Morgan fingerprint density at radius 2 is 1.50 bits per heavy atom. The molecule has 0 aromatic rings. The minimum absolute atomic E-state index is 0.104. The van der Waals surface area contributed by atoms with Crippen molar-refractivity contribution in [1.82, 2.24) is 0 Å². The van der Waals surface area contributed by atoms with E-state index in [4.69, 9.17) is 9.31 Å². The van der Waals surface area contributed by atoms with E-state index >= 15 is 0 Å². The maximum absolute atomic E-state index is 6.17. The van der Waals surface area contributed by atoms with Gasteiger partial charge in [0.2, 0.25) is 0 Å². The van der Waals surface area contributed by atoms with E-state index in [-0.39, 0.29) is 18.3 Å². The summed E-state index contributed by atoms with van der Waals surface area (Å²) in [6.45, 7) is 8.54. The Hall–Kier alpha value is -0.275. The van der Waals surface area contributed by atoms with Crippen LogP contribution in [0.4, 0.5) is 0 Å². The van der Waals surface area contributed by atoms with E-state index in [0.29, 0.717) is 5.41 Å². The Morgan fingerprint density at radius 3 is 2.00 bits per heavy atom. The molecule has 1 saturated heterocycles. The first-order chi connectivity index (χ1) is 8.34. The van der Waals surface area contributed by atoms with Crippen molar-refractivity contribution < 1.29 is 9.31 Å². The molecule has 18 heavy (non-hydrogen) atoms. The van der Waals surface area contributed by atoms with Gasteiger partial charge < -0.3 is 9.31 Å². The molecule has 3 rings (SSSR count). The molecule has 1 spiro atoms. The molecule has 0 amide bonds. The van der Waals surface area contributed by atoms with Crippen LogP contribution in [0.15, 0.2) is 11.5 Å². The summed E-state index contributed by atoms with van der Waals surface area (Å²) in [5.74, 6) is 0. The monoisotopic (exact) mass is 248 g/mol. The van der Waals surface area contributed by atoms with Crippen molar-refractivity contribution in [1.29, 1.82) is 0 Å². The summed E-state index contributed by atoms with van der Waals surface area (Å²) in [4.78, 5) is 0. The van der Waals surface area contributed by atoms with Gasteiger partial charge in [-0.05, 0) is 70.7 Å². The third-order valence-electron chi connectivity index (χ3n) is 5.54. The van der Waals surface area contributed by atoms with Crippen molar-refractivity contribution in [3.63, 3.8) is 0 Å². The Kier molecular flexibility index (Phi) is 2.73. The molecule has 100 valence electrons. The topological polar surface area (TPSA) is 18.5 Å². The van der Waals surface area contributed by atoms with Gasteiger partial charge in [-0.1, -0.05) is 12.5 Å². The lowest BCUT2D eigenvalue weighted by atomic mass is 9.58. The van der Waals surface area contributed by atoms with E-state index in [1.165, 1.54) is 37.6 Å². The predicted octanol–water partition coefficient (Wildman–Crippen LogP) is 3.90. The van der Waals surface area contributed by atoms with Crippen molar-refractivity contribution in [2.75, 3.05) is 0 Å². The lowest BCUT2D eigenvalue weighted by Gasteiger charge is -2.43. The highest BCUT2D eigenvalue weighted by Gasteiger charge is 2.53. The van der Waals surface area contributed by atoms with Gasteiger partial charge in [-0.25, -0.2) is 0 Å². The second-order valence-electron chi connectivity index (χ2n) is 7.38. The Bertz CT molecular complexity index is 364. The van der Waals surface area contributed by atoms with Gasteiger partial charge in [0, 0.05) is 0 Å².